The zero-order valence-electron chi connectivity index (χ0n) is 14.7. The largest absolute Gasteiger partial charge is 0.342 e. The monoisotopic (exact) mass is 363 g/mol. The van der Waals surface area contributed by atoms with Gasteiger partial charge in [0.2, 0.25) is 0 Å². The Labute approximate surface area is 159 Å². The van der Waals surface area contributed by atoms with Crippen LogP contribution in [0.1, 0.15) is 22.5 Å². The van der Waals surface area contributed by atoms with Crippen molar-refractivity contribution in [3.63, 3.8) is 0 Å². The molecular weight excluding hydrogens is 342 g/mol. The number of aromatic amines is 1. The summed E-state index contributed by atoms with van der Waals surface area (Å²) in [5.41, 5.74) is 6.53. The fourth-order valence-electron chi connectivity index (χ4n) is 4.42. The van der Waals surface area contributed by atoms with E-state index in [1.165, 1.54) is 35.4 Å². The summed E-state index contributed by atoms with van der Waals surface area (Å²) in [5, 5.41) is 0.752. The molecule has 2 heterocycles. The second-order valence-electron chi connectivity index (χ2n) is 7.36. The molecule has 26 heavy (non-hydrogen) atoms. The SMILES string of the molecule is Clc1ccccc1-c1nc2c([nH]1)CCN(C1Cc3ccccc3C1)CC2. The standard InChI is InChI=1S/C22H22ClN3/c23-19-8-4-3-7-18(19)22-24-20-9-11-26(12-10-21(20)25-22)17-13-15-5-1-2-6-16(15)14-17/h1-8,17H,9-14H2,(H,24,25). The average molecular weight is 364 g/mol. The normalized spacial score (nSPS) is 17.7. The molecule has 3 nitrogen and oxygen atoms in total. The van der Waals surface area contributed by atoms with Gasteiger partial charge >= 0.3 is 0 Å². The van der Waals surface area contributed by atoms with Crippen molar-refractivity contribution >= 4 is 11.6 Å². The zero-order chi connectivity index (χ0) is 17.5. The maximum absolute atomic E-state index is 6.34. The highest BCUT2D eigenvalue weighted by Crippen LogP contribution is 2.29. The minimum absolute atomic E-state index is 0.638. The summed E-state index contributed by atoms with van der Waals surface area (Å²) in [6.45, 7) is 2.17. The van der Waals surface area contributed by atoms with Crippen molar-refractivity contribution in [1.82, 2.24) is 14.9 Å². The Morgan fingerprint density at radius 3 is 2.38 bits per heavy atom. The van der Waals surface area contributed by atoms with E-state index in [0.29, 0.717) is 6.04 Å². The highest BCUT2D eigenvalue weighted by Gasteiger charge is 2.28. The van der Waals surface area contributed by atoms with Gasteiger partial charge in [0.25, 0.3) is 0 Å². The van der Waals surface area contributed by atoms with Gasteiger partial charge in [0, 0.05) is 43.2 Å². The van der Waals surface area contributed by atoms with Crippen LogP contribution in [0, 0.1) is 0 Å². The van der Waals surface area contributed by atoms with Crippen molar-refractivity contribution in [3.8, 4) is 11.4 Å². The van der Waals surface area contributed by atoms with Crippen LogP contribution < -0.4 is 0 Å². The minimum atomic E-state index is 0.638. The molecule has 0 amide bonds. The Morgan fingerprint density at radius 1 is 0.923 bits per heavy atom. The number of benzene rings is 2. The summed E-state index contributed by atoms with van der Waals surface area (Å²) in [7, 11) is 0. The Morgan fingerprint density at radius 2 is 1.62 bits per heavy atom. The van der Waals surface area contributed by atoms with E-state index in [1.54, 1.807) is 0 Å². The number of aromatic nitrogens is 2. The summed E-state index contributed by atoms with van der Waals surface area (Å²) in [6.07, 6.45) is 4.40. The molecule has 0 spiro atoms. The van der Waals surface area contributed by atoms with Gasteiger partial charge in [-0.25, -0.2) is 4.98 Å². The van der Waals surface area contributed by atoms with Gasteiger partial charge in [0.15, 0.2) is 0 Å². The summed E-state index contributed by atoms with van der Waals surface area (Å²) in [6, 6.07) is 17.4. The van der Waals surface area contributed by atoms with E-state index in [4.69, 9.17) is 16.6 Å². The molecule has 1 aliphatic heterocycles. The number of nitrogens with zero attached hydrogens (tertiary/aromatic N) is 2. The van der Waals surface area contributed by atoms with Crippen molar-refractivity contribution < 1.29 is 0 Å². The predicted molar refractivity (Wildman–Crippen MR) is 106 cm³/mol. The Bertz CT molecular complexity index is 896. The fraction of sp³-hybridized carbons (Fsp3) is 0.318. The molecule has 0 saturated carbocycles. The lowest BCUT2D eigenvalue weighted by molar-refractivity contribution is 0.210. The van der Waals surface area contributed by atoms with Crippen LogP contribution in [0.3, 0.4) is 0 Å². The first-order valence-electron chi connectivity index (χ1n) is 9.41. The van der Waals surface area contributed by atoms with E-state index >= 15 is 0 Å². The van der Waals surface area contributed by atoms with E-state index in [2.05, 4.69) is 34.1 Å². The minimum Gasteiger partial charge on any atom is -0.342 e. The molecule has 5 rings (SSSR count). The molecule has 1 N–H and O–H groups in total. The predicted octanol–water partition coefficient (Wildman–Crippen LogP) is 4.30. The highest BCUT2D eigenvalue weighted by molar-refractivity contribution is 6.33. The van der Waals surface area contributed by atoms with Crippen LogP contribution in [0.2, 0.25) is 5.02 Å². The van der Waals surface area contributed by atoms with Crippen molar-refractivity contribution in [3.05, 3.63) is 76.1 Å². The van der Waals surface area contributed by atoms with Crippen molar-refractivity contribution in [1.29, 1.82) is 0 Å². The van der Waals surface area contributed by atoms with Crippen LogP contribution in [-0.4, -0.2) is 34.0 Å². The van der Waals surface area contributed by atoms with Crippen LogP contribution in [0.25, 0.3) is 11.4 Å². The fourth-order valence-corrected chi connectivity index (χ4v) is 4.64. The summed E-state index contributed by atoms with van der Waals surface area (Å²) in [5.74, 6) is 0.905. The van der Waals surface area contributed by atoms with Gasteiger partial charge in [0.1, 0.15) is 5.82 Å². The van der Waals surface area contributed by atoms with E-state index in [-0.39, 0.29) is 0 Å². The van der Waals surface area contributed by atoms with E-state index in [0.717, 1.165) is 42.3 Å². The lowest BCUT2D eigenvalue weighted by atomic mass is 10.1. The van der Waals surface area contributed by atoms with Gasteiger partial charge in [-0.05, 0) is 36.1 Å². The van der Waals surface area contributed by atoms with Gasteiger partial charge in [0.05, 0.1) is 10.7 Å². The second-order valence-corrected chi connectivity index (χ2v) is 7.76. The number of nitrogens with one attached hydrogen (secondary N) is 1. The van der Waals surface area contributed by atoms with E-state index in [1.807, 2.05) is 24.3 Å². The molecule has 132 valence electrons. The molecule has 0 unspecified atom stereocenters. The summed E-state index contributed by atoms with van der Waals surface area (Å²) < 4.78 is 0. The number of hydrogen-bond donors (Lipinski definition) is 1. The number of rotatable bonds is 2. The highest BCUT2D eigenvalue weighted by atomic mass is 35.5. The van der Waals surface area contributed by atoms with Crippen molar-refractivity contribution in [2.24, 2.45) is 0 Å². The summed E-state index contributed by atoms with van der Waals surface area (Å²) in [4.78, 5) is 11.1. The first-order chi connectivity index (χ1) is 12.8. The number of hydrogen-bond acceptors (Lipinski definition) is 2. The zero-order valence-corrected chi connectivity index (χ0v) is 15.5. The molecule has 4 heteroatoms. The average Bonchev–Trinajstić information content (AvgIpc) is 3.21. The molecule has 0 atom stereocenters. The molecule has 3 aromatic rings. The molecule has 1 aliphatic carbocycles. The number of fused-ring (bicyclic) bond motifs is 2. The third-order valence-electron chi connectivity index (χ3n) is 5.82. The van der Waals surface area contributed by atoms with Crippen LogP contribution in [0.5, 0.6) is 0 Å². The molecule has 0 bridgehead atoms. The molecule has 0 fully saturated rings. The molecule has 0 radical (unpaired) electrons. The Kier molecular flexibility index (Phi) is 4.07. The molecule has 2 aromatic carbocycles. The van der Waals surface area contributed by atoms with Gasteiger partial charge in [-0.1, -0.05) is 48.0 Å². The summed E-state index contributed by atoms with van der Waals surface area (Å²) >= 11 is 6.34. The topological polar surface area (TPSA) is 31.9 Å². The third kappa shape index (κ3) is 2.85. The van der Waals surface area contributed by atoms with E-state index in [9.17, 15) is 0 Å². The number of halogens is 1. The van der Waals surface area contributed by atoms with Gasteiger partial charge in [-0.3, -0.25) is 4.90 Å². The van der Waals surface area contributed by atoms with Crippen LogP contribution in [0.15, 0.2) is 48.5 Å². The quantitative estimate of drug-likeness (QED) is 0.736. The Balaban J connectivity index is 1.32. The Hall–Kier alpha value is -2.10. The van der Waals surface area contributed by atoms with Crippen molar-refractivity contribution in [2.75, 3.05) is 13.1 Å². The molecule has 0 saturated heterocycles. The van der Waals surface area contributed by atoms with E-state index < -0.39 is 0 Å². The van der Waals surface area contributed by atoms with Gasteiger partial charge in [-0.2, -0.15) is 0 Å². The maximum Gasteiger partial charge on any atom is 0.139 e. The lowest BCUT2D eigenvalue weighted by Crippen LogP contribution is -2.37. The van der Waals surface area contributed by atoms with Gasteiger partial charge < -0.3 is 4.98 Å². The van der Waals surface area contributed by atoms with Crippen LogP contribution in [-0.2, 0) is 25.7 Å². The van der Waals surface area contributed by atoms with Crippen LogP contribution >= 0.6 is 11.6 Å². The van der Waals surface area contributed by atoms with Crippen LogP contribution in [0.4, 0.5) is 0 Å². The maximum atomic E-state index is 6.34. The first-order valence-corrected chi connectivity index (χ1v) is 9.79. The lowest BCUT2D eigenvalue weighted by Gasteiger charge is -2.27. The van der Waals surface area contributed by atoms with Crippen molar-refractivity contribution in [2.45, 2.75) is 31.7 Å². The first kappa shape index (κ1) is 16.1. The second kappa shape index (κ2) is 6.57. The number of H-pyrrole nitrogens is 1. The van der Waals surface area contributed by atoms with Gasteiger partial charge in [-0.15, -0.1) is 0 Å². The smallest absolute Gasteiger partial charge is 0.139 e. The molecule has 1 aromatic heterocycles. The molecular formula is C22H22ClN3. The third-order valence-corrected chi connectivity index (χ3v) is 6.15. The molecule has 2 aliphatic rings. The number of imidazole rings is 1.